The Balaban J connectivity index is 1.86. The van der Waals surface area contributed by atoms with Crippen molar-refractivity contribution in [3.05, 3.63) is 53.9 Å². The minimum absolute atomic E-state index is 0.733. The van der Waals surface area contributed by atoms with Gasteiger partial charge in [0.25, 0.3) is 0 Å². The van der Waals surface area contributed by atoms with Gasteiger partial charge in [-0.15, -0.1) is 0 Å². The fourth-order valence-corrected chi connectivity index (χ4v) is 2.81. The van der Waals surface area contributed by atoms with Crippen LogP contribution < -0.4 is 10.1 Å². The van der Waals surface area contributed by atoms with Crippen LogP contribution in [0.15, 0.2) is 42.7 Å². The van der Waals surface area contributed by atoms with Crippen LogP contribution in [0.25, 0.3) is 22.7 Å². The van der Waals surface area contributed by atoms with Crippen molar-refractivity contribution in [2.75, 3.05) is 12.4 Å². The van der Waals surface area contributed by atoms with Crippen molar-refractivity contribution in [3.63, 3.8) is 0 Å². The van der Waals surface area contributed by atoms with E-state index >= 15 is 0 Å². The Morgan fingerprint density at radius 2 is 2.23 bits per heavy atom. The third-order valence-corrected chi connectivity index (χ3v) is 3.92. The van der Waals surface area contributed by atoms with E-state index in [0.717, 1.165) is 39.2 Å². The van der Waals surface area contributed by atoms with Crippen LogP contribution >= 0.6 is 0 Å². The number of H-pyrrole nitrogens is 1. The van der Waals surface area contributed by atoms with E-state index in [-0.39, 0.29) is 0 Å². The summed E-state index contributed by atoms with van der Waals surface area (Å²) in [7, 11) is 1.63. The highest BCUT2D eigenvalue weighted by molar-refractivity contribution is 5.99. The van der Waals surface area contributed by atoms with Crippen LogP contribution in [0.4, 0.5) is 5.69 Å². The second-order valence-electron chi connectivity index (χ2n) is 5.20. The van der Waals surface area contributed by atoms with E-state index in [1.807, 2.05) is 42.6 Å². The molecule has 0 spiro atoms. The van der Waals surface area contributed by atoms with Gasteiger partial charge in [0.1, 0.15) is 11.4 Å². The van der Waals surface area contributed by atoms with Gasteiger partial charge >= 0.3 is 0 Å². The van der Waals surface area contributed by atoms with Crippen LogP contribution in [0, 0.1) is 0 Å². The zero-order valence-corrected chi connectivity index (χ0v) is 12.0. The van der Waals surface area contributed by atoms with Crippen molar-refractivity contribution < 1.29 is 9.84 Å². The molecule has 0 aliphatic carbocycles. The summed E-state index contributed by atoms with van der Waals surface area (Å²) in [6, 6.07) is 9.62. The number of pyridine rings is 1. The summed E-state index contributed by atoms with van der Waals surface area (Å²) in [6.45, 7) is 0. The third kappa shape index (κ3) is 1.95. The molecule has 0 saturated heterocycles. The first kappa shape index (κ1) is 12.9. The van der Waals surface area contributed by atoms with Crippen LogP contribution in [0.5, 0.6) is 5.75 Å². The molecule has 1 atom stereocenters. The molecule has 1 aliphatic rings. The summed E-state index contributed by atoms with van der Waals surface area (Å²) < 4.78 is 5.28. The van der Waals surface area contributed by atoms with Gasteiger partial charge in [-0.05, 0) is 36.4 Å². The van der Waals surface area contributed by atoms with Gasteiger partial charge in [0.15, 0.2) is 6.23 Å². The van der Waals surface area contributed by atoms with E-state index in [2.05, 4.69) is 15.3 Å². The van der Waals surface area contributed by atoms with Gasteiger partial charge < -0.3 is 20.1 Å². The van der Waals surface area contributed by atoms with Crippen molar-refractivity contribution in [2.45, 2.75) is 6.23 Å². The largest absolute Gasteiger partial charge is 0.497 e. The molecule has 2 aromatic heterocycles. The Labute approximate surface area is 127 Å². The molecule has 0 bridgehead atoms. The minimum Gasteiger partial charge on any atom is -0.497 e. The topological polar surface area (TPSA) is 70.2 Å². The quantitative estimate of drug-likeness (QED) is 0.679. The summed E-state index contributed by atoms with van der Waals surface area (Å²) in [5, 5.41) is 14.4. The third-order valence-electron chi connectivity index (χ3n) is 3.92. The van der Waals surface area contributed by atoms with Crippen molar-refractivity contribution in [3.8, 4) is 5.75 Å². The molecule has 0 saturated carbocycles. The van der Waals surface area contributed by atoms with E-state index in [1.165, 1.54) is 0 Å². The molecule has 3 aromatic rings. The fraction of sp³-hybridized carbons (Fsp3) is 0.118. The second kappa shape index (κ2) is 4.89. The number of fused-ring (bicyclic) bond motifs is 2. The second-order valence-corrected chi connectivity index (χ2v) is 5.20. The van der Waals surface area contributed by atoms with Crippen LogP contribution in [0.2, 0.25) is 0 Å². The number of aliphatic hydroxyl groups excluding tert-OH is 1. The van der Waals surface area contributed by atoms with Crippen LogP contribution in [-0.4, -0.2) is 28.4 Å². The highest BCUT2D eigenvalue weighted by Gasteiger charge is 2.25. The molecule has 1 aromatic carbocycles. The van der Waals surface area contributed by atoms with E-state index in [0.29, 0.717) is 0 Å². The number of ether oxygens (including phenoxy) is 1. The number of anilines is 1. The summed E-state index contributed by atoms with van der Waals surface area (Å²) in [6.07, 6.45) is 4.89. The number of aromatic nitrogens is 2. The average molecular weight is 293 g/mol. The SMILES string of the molecule is COc1ccc2c(c1)C(=Cc1c[nH]c3ncccc13)C(O)N2. The first-order valence-electron chi connectivity index (χ1n) is 7.03. The molecule has 0 fully saturated rings. The zero-order chi connectivity index (χ0) is 15.1. The molecular weight excluding hydrogens is 278 g/mol. The van der Waals surface area contributed by atoms with Crippen LogP contribution in [-0.2, 0) is 0 Å². The molecule has 0 radical (unpaired) electrons. The Kier molecular flexibility index (Phi) is 2.87. The van der Waals surface area contributed by atoms with E-state index in [4.69, 9.17) is 4.74 Å². The Morgan fingerprint density at radius 1 is 1.32 bits per heavy atom. The molecule has 3 heterocycles. The number of hydrogen-bond donors (Lipinski definition) is 3. The number of nitrogens with zero attached hydrogens (tertiary/aromatic N) is 1. The molecule has 3 N–H and O–H groups in total. The standard InChI is InChI=1S/C17H15N3O2/c1-22-11-4-5-15-13(8-11)14(17(21)20-15)7-10-9-19-16-12(10)3-2-6-18-16/h2-9,17,20-21H,1H3,(H,18,19). The molecule has 4 rings (SSSR count). The lowest BCUT2D eigenvalue weighted by Gasteiger charge is -2.05. The number of benzene rings is 1. The summed E-state index contributed by atoms with van der Waals surface area (Å²) in [5.74, 6) is 0.765. The lowest BCUT2D eigenvalue weighted by molar-refractivity contribution is 0.266. The van der Waals surface area contributed by atoms with E-state index < -0.39 is 6.23 Å². The van der Waals surface area contributed by atoms with E-state index in [1.54, 1.807) is 13.3 Å². The minimum atomic E-state index is -0.733. The molecule has 1 unspecified atom stereocenters. The maximum absolute atomic E-state index is 10.3. The number of methoxy groups -OCH3 is 1. The van der Waals surface area contributed by atoms with E-state index in [9.17, 15) is 5.11 Å². The monoisotopic (exact) mass is 293 g/mol. The number of hydrogen-bond acceptors (Lipinski definition) is 4. The number of aromatic amines is 1. The summed E-state index contributed by atoms with van der Waals surface area (Å²) in [5.41, 5.74) is 4.50. The molecule has 22 heavy (non-hydrogen) atoms. The van der Waals surface area contributed by atoms with Gasteiger partial charge in [0.2, 0.25) is 0 Å². The Bertz CT molecular complexity index is 882. The van der Waals surface area contributed by atoms with Gasteiger partial charge in [-0.1, -0.05) is 0 Å². The van der Waals surface area contributed by atoms with Crippen molar-refractivity contribution in [1.29, 1.82) is 0 Å². The molecule has 1 aliphatic heterocycles. The van der Waals surface area contributed by atoms with Crippen molar-refractivity contribution in [2.24, 2.45) is 0 Å². The molecule has 5 nitrogen and oxygen atoms in total. The maximum Gasteiger partial charge on any atom is 0.151 e. The molecule has 5 heteroatoms. The normalized spacial score (nSPS) is 18.5. The molecule has 110 valence electrons. The van der Waals surface area contributed by atoms with Gasteiger partial charge in [0.05, 0.1) is 7.11 Å². The Hall–Kier alpha value is -2.79. The summed E-state index contributed by atoms with van der Waals surface area (Å²) >= 11 is 0. The fourth-order valence-electron chi connectivity index (χ4n) is 2.81. The average Bonchev–Trinajstić information content (AvgIpc) is 3.09. The number of aliphatic hydroxyl groups is 1. The predicted octanol–water partition coefficient (Wildman–Crippen LogP) is 2.86. The molecular formula is C17H15N3O2. The lowest BCUT2D eigenvalue weighted by atomic mass is 10.0. The number of nitrogens with one attached hydrogen (secondary N) is 2. The summed E-state index contributed by atoms with van der Waals surface area (Å²) in [4.78, 5) is 7.43. The van der Waals surface area contributed by atoms with Gasteiger partial charge in [-0.3, -0.25) is 0 Å². The van der Waals surface area contributed by atoms with Gasteiger partial charge in [0, 0.05) is 40.2 Å². The number of rotatable bonds is 2. The van der Waals surface area contributed by atoms with Crippen LogP contribution in [0.1, 0.15) is 11.1 Å². The Morgan fingerprint density at radius 3 is 3.09 bits per heavy atom. The van der Waals surface area contributed by atoms with Gasteiger partial charge in [-0.2, -0.15) is 0 Å². The zero-order valence-electron chi connectivity index (χ0n) is 12.0. The first-order valence-corrected chi connectivity index (χ1v) is 7.03. The first-order chi connectivity index (χ1) is 10.8. The highest BCUT2D eigenvalue weighted by atomic mass is 16.5. The lowest BCUT2D eigenvalue weighted by Crippen LogP contribution is -2.12. The van der Waals surface area contributed by atoms with Crippen LogP contribution in [0.3, 0.4) is 0 Å². The maximum atomic E-state index is 10.3. The predicted molar refractivity (Wildman–Crippen MR) is 86.6 cm³/mol. The smallest absolute Gasteiger partial charge is 0.151 e. The molecule has 0 amide bonds. The van der Waals surface area contributed by atoms with Crippen molar-refractivity contribution >= 4 is 28.4 Å². The highest BCUT2D eigenvalue weighted by Crippen LogP contribution is 2.38. The van der Waals surface area contributed by atoms with Gasteiger partial charge in [-0.25, -0.2) is 4.98 Å². The van der Waals surface area contributed by atoms with Crippen molar-refractivity contribution in [1.82, 2.24) is 9.97 Å².